The summed E-state index contributed by atoms with van der Waals surface area (Å²) in [6.45, 7) is 5.28. The molecule has 0 saturated carbocycles. The second-order valence-corrected chi connectivity index (χ2v) is 10.0. The van der Waals surface area contributed by atoms with Gasteiger partial charge in [0.25, 0.3) is 0 Å². The van der Waals surface area contributed by atoms with Gasteiger partial charge in [-0.1, -0.05) is 6.92 Å². The molecule has 0 spiro atoms. The average molecular weight is 461 g/mol. The molecule has 2 N–H and O–H groups in total. The summed E-state index contributed by atoms with van der Waals surface area (Å²) in [7, 11) is 1.64. The van der Waals surface area contributed by atoms with Crippen molar-refractivity contribution in [1.82, 2.24) is 9.88 Å². The molecule has 32 heavy (non-hydrogen) atoms. The minimum atomic E-state index is -0.723. The number of carboxylic acid groups (broad SMARTS) is 1. The first kappa shape index (κ1) is 24.8. The van der Waals surface area contributed by atoms with E-state index in [0.29, 0.717) is 24.7 Å². The van der Waals surface area contributed by atoms with Gasteiger partial charge in [0.05, 0.1) is 18.7 Å². The molecule has 1 saturated heterocycles. The lowest BCUT2D eigenvalue weighted by Gasteiger charge is -2.39. The van der Waals surface area contributed by atoms with E-state index in [-0.39, 0.29) is 6.42 Å². The van der Waals surface area contributed by atoms with Crippen LogP contribution in [-0.4, -0.2) is 64.3 Å². The lowest BCUT2D eigenvalue weighted by atomic mass is 9.79. The molecule has 176 valence electrons. The largest absolute Gasteiger partial charge is 0.497 e. The van der Waals surface area contributed by atoms with E-state index in [0.717, 1.165) is 66.2 Å². The summed E-state index contributed by atoms with van der Waals surface area (Å²) in [6, 6.07) is 7.62. The van der Waals surface area contributed by atoms with Crippen LogP contribution in [0.15, 0.2) is 30.5 Å². The maximum atomic E-state index is 11.2. The fourth-order valence-electron chi connectivity index (χ4n) is 4.80. The third-order valence-corrected chi connectivity index (χ3v) is 7.49. The Hall–Kier alpha value is -1.83. The maximum Gasteiger partial charge on any atom is 0.303 e. The maximum absolute atomic E-state index is 11.2. The van der Waals surface area contributed by atoms with Crippen LogP contribution in [-0.2, 0) is 4.79 Å². The first-order chi connectivity index (χ1) is 15.5. The van der Waals surface area contributed by atoms with Gasteiger partial charge >= 0.3 is 5.97 Å². The predicted molar refractivity (Wildman–Crippen MR) is 130 cm³/mol. The Morgan fingerprint density at radius 3 is 2.91 bits per heavy atom. The molecule has 6 nitrogen and oxygen atoms in total. The normalized spacial score (nSPS) is 20.3. The summed E-state index contributed by atoms with van der Waals surface area (Å²) < 4.78 is 5.35. The van der Waals surface area contributed by atoms with Crippen molar-refractivity contribution in [2.75, 3.05) is 38.2 Å². The third-order valence-electron chi connectivity index (χ3n) is 6.61. The molecule has 1 fully saturated rings. The molecule has 0 amide bonds. The molecule has 1 aliphatic heterocycles. The van der Waals surface area contributed by atoms with Gasteiger partial charge in [0.15, 0.2) is 0 Å². The van der Waals surface area contributed by atoms with Gasteiger partial charge in [-0.15, -0.1) is 0 Å². The van der Waals surface area contributed by atoms with Crippen LogP contribution in [0.1, 0.15) is 50.7 Å². The smallest absolute Gasteiger partial charge is 0.303 e. The molecule has 7 heteroatoms. The van der Waals surface area contributed by atoms with Crippen molar-refractivity contribution in [3.63, 3.8) is 0 Å². The van der Waals surface area contributed by atoms with Gasteiger partial charge in [0, 0.05) is 36.8 Å². The van der Waals surface area contributed by atoms with Crippen molar-refractivity contribution >= 4 is 28.6 Å². The first-order valence-electron chi connectivity index (χ1n) is 11.6. The van der Waals surface area contributed by atoms with Crippen LogP contribution in [0.3, 0.4) is 0 Å². The highest BCUT2D eigenvalue weighted by molar-refractivity contribution is 7.99. The van der Waals surface area contributed by atoms with Crippen molar-refractivity contribution in [1.29, 1.82) is 0 Å². The molecule has 3 atom stereocenters. The van der Waals surface area contributed by atoms with Gasteiger partial charge in [-0.05, 0) is 79.6 Å². The number of aromatic nitrogens is 1. The molecule has 0 radical (unpaired) electrons. The fraction of sp³-hybridized carbons (Fsp3) is 0.600. The number of carboxylic acids is 1. The van der Waals surface area contributed by atoms with E-state index in [4.69, 9.17) is 4.74 Å². The standard InChI is InChI=1S/C25H36N2O4S/c1-3-32-15-14-27-13-11-18(19(17-27)5-9-25(29)30)4-8-24(28)21-10-12-26-23-7-6-20(31-2)16-22(21)23/h6-7,10,12,16,18-19,24,28H,3-5,8-9,11,13-15,17H2,1-2H3,(H,29,30)/t18-,19-,24-/m1/s1. The zero-order chi connectivity index (χ0) is 22.9. The number of piperidine rings is 1. The summed E-state index contributed by atoms with van der Waals surface area (Å²) in [5.41, 5.74) is 1.73. The Morgan fingerprint density at radius 1 is 1.31 bits per heavy atom. The van der Waals surface area contributed by atoms with Crippen molar-refractivity contribution in [2.45, 2.75) is 45.1 Å². The van der Waals surface area contributed by atoms with Gasteiger partial charge in [-0.3, -0.25) is 9.78 Å². The molecular weight excluding hydrogens is 424 g/mol. The lowest BCUT2D eigenvalue weighted by molar-refractivity contribution is -0.137. The molecule has 1 aromatic carbocycles. The number of fused-ring (bicyclic) bond motifs is 1. The minimum Gasteiger partial charge on any atom is -0.497 e. The van der Waals surface area contributed by atoms with Crippen LogP contribution in [0.4, 0.5) is 0 Å². The zero-order valence-corrected chi connectivity index (χ0v) is 20.0. The summed E-state index contributed by atoms with van der Waals surface area (Å²) in [5, 5.41) is 21.2. The molecule has 2 heterocycles. The van der Waals surface area contributed by atoms with Crippen LogP contribution in [0.25, 0.3) is 10.9 Å². The molecule has 0 unspecified atom stereocenters. The van der Waals surface area contributed by atoms with E-state index in [1.807, 2.05) is 36.0 Å². The molecule has 0 aliphatic carbocycles. The SMILES string of the molecule is CCSCCN1CC[C@@H](CC[C@@H](O)c2ccnc3ccc(OC)cc23)[C@H](CCC(=O)O)C1. The Bertz CT molecular complexity index is 878. The average Bonchev–Trinajstić information content (AvgIpc) is 2.81. The monoisotopic (exact) mass is 460 g/mol. The van der Waals surface area contributed by atoms with E-state index < -0.39 is 12.1 Å². The van der Waals surface area contributed by atoms with Gasteiger partial charge in [-0.2, -0.15) is 11.8 Å². The number of aliphatic hydroxyl groups is 1. The Labute approximate surface area is 195 Å². The minimum absolute atomic E-state index is 0.218. The second-order valence-electron chi connectivity index (χ2n) is 8.62. The highest BCUT2D eigenvalue weighted by Crippen LogP contribution is 2.35. The first-order valence-corrected chi connectivity index (χ1v) is 12.8. The summed E-state index contributed by atoms with van der Waals surface area (Å²) in [6.07, 6.45) is 4.73. The molecule has 1 aliphatic rings. The van der Waals surface area contributed by atoms with E-state index in [9.17, 15) is 15.0 Å². The van der Waals surface area contributed by atoms with Crippen LogP contribution >= 0.6 is 11.8 Å². The number of methoxy groups -OCH3 is 1. The van der Waals surface area contributed by atoms with E-state index in [1.54, 1.807) is 13.3 Å². The Kier molecular flexibility index (Phi) is 9.63. The lowest BCUT2D eigenvalue weighted by Crippen LogP contribution is -2.41. The second kappa shape index (κ2) is 12.4. The number of hydrogen-bond acceptors (Lipinski definition) is 6. The zero-order valence-electron chi connectivity index (χ0n) is 19.2. The van der Waals surface area contributed by atoms with Gasteiger partial charge in [0.1, 0.15) is 5.75 Å². The fourth-order valence-corrected chi connectivity index (χ4v) is 5.48. The van der Waals surface area contributed by atoms with Gasteiger partial charge < -0.3 is 19.8 Å². The molecule has 3 rings (SSSR count). The number of aliphatic carboxylic acids is 1. The number of benzene rings is 1. The van der Waals surface area contributed by atoms with Crippen LogP contribution in [0.2, 0.25) is 0 Å². The number of nitrogens with zero attached hydrogens (tertiary/aromatic N) is 2. The molecule has 2 aromatic rings. The Balaban J connectivity index is 1.64. The third kappa shape index (κ3) is 6.83. The summed E-state index contributed by atoms with van der Waals surface area (Å²) >= 11 is 1.95. The quantitative estimate of drug-likeness (QED) is 0.448. The number of thioether (sulfide) groups is 1. The number of hydrogen-bond donors (Lipinski definition) is 2. The number of aliphatic hydroxyl groups excluding tert-OH is 1. The summed E-state index contributed by atoms with van der Waals surface area (Å²) in [5.74, 6) is 3.10. The number of likely N-dealkylation sites (tertiary alicyclic amines) is 1. The van der Waals surface area contributed by atoms with Crippen molar-refractivity contribution in [3.8, 4) is 5.75 Å². The van der Waals surface area contributed by atoms with Crippen LogP contribution in [0, 0.1) is 11.8 Å². The Morgan fingerprint density at radius 2 is 2.16 bits per heavy atom. The van der Waals surface area contributed by atoms with Crippen molar-refractivity contribution in [2.24, 2.45) is 11.8 Å². The number of rotatable bonds is 12. The molecule has 0 bridgehead atoms. The number of pyridine rings is 1. The number of carbonyl (C=O) groups is 1. The van der Waals surface area contributed by atoms with Crippen LogP contribution < -0.4 is 4.74 Å². The molecular formula is C25H36N2O4S. The van der Waals surface area contributed by atoms with Crippen molar-refractivity contribution in [3.05, 3.63) is 36.0 Å². The van der Waals surface area contributed by atoms with E-state index in [2.05, 4.69) is 16.8 Å². The van der Waals surface area contributed by atoms with E-state index >= 15 is 0 Å². The number of ether oxygens (including phenoxy) is 1. The van der Waals surface area contributed by atoms with E-state index in [1.165, 1.54) is 0 Å². The van der Waals surface area contributed by atoms with Gasteiger partial charge in [0.2, 0.25) is 0 Å². The highest BCUT2D eigenvalue weighted by Gasteiger charge is 2.30. The predicted octanol–water partition coefficient (Wildman–Crippen LogP) is 4.61. The topological polar surface area (TPSA) is 82.9 Å². The van der Waals surface area contributed by atoms with Crippen LogP contribution in [0.5, 0.6) is 5.75 Å². The highest BCUT2D eigenvalue weighted by atomic mass is 32.2. The van der Waals surface area contributed by atoms with Gasteiger partial charge in [-0.25, -0.2) is 0 Å². The summed E-state index contributed by atoms with van der Waals surface area (Å²) in [4.78, 5) is 18.1. The van der Waals surface area contributed by atoms with Crippen molar-refractivity contribution < 1.29 is 19.7 Å². The molecule has 1 aromatic heterocycles.